The van der Waals surface area contributed by atoms with E-state index in [1.54, 1.807) is 6.92 Å². The molecule has 2 rings (SSSR count). The highest BCUT2D eigenvalue weighted by Crippen LogP contribution is 2.14. The molecule has 0 aliphatic carbocycles. The zero-order valence-corrected chi connectivity index (χ0v) is 10.4. The number of hydrogen-bond donors (Lipinski definition) is 1. The maximum atomic E-state index is 10.8. The highest BCUT2D eigenvalue weighted by Gasteiger charge is 2.15. The normalized spacial score (nSPS) is 10.6. The lowest BCUT2D eigenvalue weighted by Crippen LogP contribution is -1.99. The summed E-state index contributed by atoms with van der Waals surface area (Å²) >= 11 is 0. The number of carboxylic acids is 1. The van der Waals surface area contributed by atoms with Gasteiger partial charge in [-0.15, -0.1) is 0 Å². The number of oxazole rings is 1. The lowest BCUT2D eigenvalue weighted by Gasteiger charge is -2.02. The van der Waals surface area contributed by atoms with E-state index in [0.717, 1.165) is 6.42 Å². The second-order valence-electron chi connectivity index (χ2n) is 4.24. The van der Waals surface area contributed by atoms with Gasteiger partial charge in [0.1, 0.15) is 5.76 Å². The monoisotopic (exact) mass is 245 g/mol. The number of nitrogens with zero attached hydrogens (tertiary/aromatic N) is 1. The number of aryl methyl sites for hydroxylation is 4. The molecule has 1 heterocycles. The number of carboxylic acid groups (broad SMARTS) is 1. The van der Waals surface area contributed by atoms with Gasteiger partial charge >= 0.3 is 5.97 Å². The van der Waals surface area contributed by atoms with Crippen LogP contribution in [0, 0.1) is 13.8 Å². The van der Waals surface area contributed by atoms with E-state index in [0.29, 0.717) is 18.1 Å². The number of rotatable bonds is 4. The predicted molar refractivity (Wildman–Crippen MR) is 66.8 cm³/mol. The lowest BCUT2D eigenvalue weighted by molar-refractivity contribution is 0.0689. The van der Waals surface area contributed by atoms with E-state index in [2.05, 4.69) is 24.0 Å². The second-order valence-corrected chi connectivity index (χ2v) is 4.24. The van der Waals surface area contributed by atoms with Crippen molar-refractivity contribution in [2.75, 3.05) is 0 Å². The van der Waals surface area contributed by atoms with E-state index in [1.807, 2.05) is 12.1 Å². The fraction of sp³-hybridized carbons (Fsp3) is 0.286. The van der Waals surface area contributed by atoms with E-state index in [-0.39, 0.29) is 5.69 Å². The Morgan fingerprint density at radius 3 is 2.61 bits per heavy atom. The smallest absolute Gasteiger partial charge is 0.358 e. The molecule has 1 aromatic carbocycles. The summed E-state index contributed by atoms with van der Waals surface area (Å²) < 4.78 is 5.35. The minimum Gasteiger partial charge on any atom is -0.476 e. The Morgan fingerprint density at radius 1 is 1.28 bits per heavy atom. The van der Waals surface area contributed by atoms with Gasteiger partial charge in [0.05, 0.1) is 0 Å². The molecule has 0 saturated carbocycles. The maximum absolute atomic E-state index is 10.8. The summed E-state index contributed by atoms with van der Waals surface area (Å²) in [5.74, 6) is -0.200. The van der Waals surface area contributed by atoms with Gasteiger partial charge in [0.25, 0.3) is 0 Å². The zero-order valence-electron chi connectivity index (χ0n) is 10.4. The average Bonchev–Trinajstić information content (AvgIpc) is 2.70. The van der Waals surface area contributed by atoms with Gasteiger partial charge in [-0.2, -0.15) is 0 Å². The number of aromatic carboxylic acids is 1. The summed E-state index contributed by atoms with van der Waals surface area (Å²) in [6.45, 7) is 3.67. The molecular weight excluding hydrogens is 230 g/mol. The first-order chi connectivity index (χ1) is 8.58. The van der Waals surface area contributed by atoms with Crippen LogP contribution in [0.3, 0.4) is 0 Å². The molecule has 0 radical (unpaired) electrons. The van der Waals surface area contributed by atoms with Gasteiger partial charge in [0.15, 0.2) is 11.6 Å². The summed E-state index contributed by atoms with van der Waals surface area (Å²) in [6.07, 6.45) is 1.41. The zero-order chi connectivity index (χ0) is 13.1. The van der Waals surface area contributed by atoms with Crippen molar-refractivity contribution >= 4 is 5.97 Å². The molecule has 94 valence electrons. The molecule has 1 N–H and O–H groups in total. The highest BCUT2D eigenvalue weighted by molar-refractivity contribution is 5.86. The molecule has 0 bridgehead atoms. The van der Waals surface area contributed by atoms with Gasteiger partial charge < -0.3 is 9.52 Å². The largest absolute Gasteiger partial charge is 0.476 e. The van der Waals surface area contributed by atoms with E-state index in [1.165, 1.54) is 11.1 Å². The molecule has 4 heteroatoms. The van der Waals surface area contributed by atoms with Crippen molar-refractivity contribution in [3.8, 4) is 0 Å². The van der Waals surface area contributed by atoms with Crippen molar-refractivity contribution in [2.24, 2.45) is 0 Å². The van der Waals surface area contributed by atoms with Gasteiger partial charge in [-0.25, -0.2) is 9.78 Å². The molecule has 0 saturated heterocycles. The molecule has 4 nitrogen and oxygen atoms in total. The van der Waals surface area contributed by atoms with Gasteiger partial charge in [-0.3, -0.25) is 0 Å². The summed E-state index contributed by atoms with van der Waals surface area (Å²) in [7, 11) is 0. The van der Waals surface area contributed by atoms with Crippen LogP contribution in [0.4, 0.5) is 0 Å². The summed E-state index contributed by atoms with van der Waals surface area (Å²) in [6, 6.07) is 8.10. The van der Waals surface area contributed by atoms with Crippen molar-refractivity contribution in [2.45, 2.75) is 26.7 Å². The van der Waals surface area contributed by atoms with Crippen LogP contribution in [-0.4, -0.2) is 16.1 Å². The molecule has 2 aromatic rings. The Kier molecular flexibility index (Phi) is 3.46. The van der Waals surface area contributed by atoms with Crippen LogP contribution < -0.4 is 0 Å². The third kappa shape index (κ3) is 2.59. The summed E-state index contributed by atoms with van der Waals surface area (Å²) in [5, 5.41) is 8.89. The molecule has 1 aromatic heterocycles. The Bertz CT molecular complexity index is 572. The Balaban J connectivity index is 2.09. The van der Waals surface area contributed by atoms with E-state index in [4.69, 9.17) is 9.52 Å². The van der Waals surface area contributed by atoms with Crippen LogP contribution in [0.5, 0.6) is 0 Å². The fourth-order valence-electron chi connectivity index (χ4n) is 1.89. The third-order valence-corrected chi connectivity index (χ3v) is 2.91. The molecule has 0 unspecified atom stereocenters. The van der Waals surface area contributed by atoms with E-state index < -0.39 is 5.97 Å². The number of carbonyl (C=O) groups is 1. The minimum atomic E-state index is -1.04. The third-order valence-electron chi connectivity index (χ3n) is 2.91. The molecule has 0 aliphatic rings. The van der Waals surface area contributed by atoms with Crippen LogP contribution in [0.15, 0.2) is 28.7 Å². The van der Waals surface area contributed by atoms with Gasteiger partial charge in [-0.05, 0) is 31.4 Å². The van der Waals surface area contributed by atoms with Crippen molar-refractivity contribution in [3.05, 3.63) is 52.7 Å². The highest BCUT2D eigenvalue weighted by atomic mass is 16.4. The first-order valence-corrected chi connectivity index (χ1v) is 5.82. The average molecular weight is 245 g/mol. The number of aromatic nitrogens is 1. The predicted octanol–water partition coefficient (Wildman–Crippen LogP) is 2.77. The first-order valence-electron chi connectivity index (χ1n) is 5.82. The molecule has 18 heavy (non-hydrogen) atoms. The van der Waals surface area contributed by atoms with Gasteiger partial charge in [0, 0.05) is 6.42 Å². The first kappa shape index (κ1) is 12.4. The summed E-state index contributed by atoms with van der Waals surface area (Å²) in [5.41, 5.74) is 2.46. The van der Waals surface area contributed by atoms with Gasteiger partial charge in [0.2, 0.25) is 0 Å². The SMILES string of the molecule is Cc1ccccc1CCc1nc(C(=O)O)c(C)o1. The van der Waals surface area contributed by atoms with Crippen molar-refractivity contribution < 1.29 is 14.3 Å². The molecule has 0 spiro atoms. The van der Waals surface area contributed by atoms with Crippen LogP contribution in [0.1, 0.15) is 33.3 Å². The topological polar surface area (TPSA) is 63.3 Å². The van der Waals surface area contributed by atoms with Crippen molar-refractivity contribution in [1.82, 2.24) is 4.98 Å². The molecular formula is C14H15NO3. The van der Waals surface area contributed by atoms with Crippen molar-refractivity contribution in [1.29, 1.82) is 0 Å². The van der Waals surface area contributed by atoms with Gasteiger partial charge in [-0.1, -0.05) is 24.3 Å². The molecule has 0 atom stereocenters. The fourth-order valence-corrected chi connectivity index (χ4v) is 1.89. The second kappa shape index (κ2) is 5.04. The van der Waals surface area contributed by atoms with Crippen LogP contribution in [0.2, 0.25) is 0 Å². The lowest BCUT2D eigenvalue weighted by atomic mass is 10.0. The molecule has 0 amide bonds. The van der Waals surface area contributed by atoms with E-state index in [9.17, 15) is 4.79 Å². The molecule has 0 aliphatic heterocycles. The van der Waals surface area contributed by atoms with Crippen LogP contribution >= 0.6 is 0 Å². The maximum Gasteiger partial charge on any atom is 0.358 e. The summed E-state index contributed by atoms with van der Waals surface area (Å²) in [4.78, 5) is 14.8. The minimum absolute atomic E-state index is 0.00906. The number of benzene rings is 1. The van der Waals surface area contributed by atoms with Crippen LogP contribution in [-0.2, 0) is 12.8 Å². The van der Waals surface area contributed by atoms with Crippen molar-refractivity contribution in [3.63, 3.8) is 0 Å². The van der Waals surface area contributed by atoms with Crippen LogP contribution in [0.25, 0.3) is 0 Å². The van der Waals surface area contributed by atoms with E-state index >= 15 is 0 Å². The Labute approximate surface area is 105 Å². The standard InChI is InChI=1S/C14H15NO3/c1-9-5-3-4-6-11(9)7-8-12-15-13(14(16)17)10(2)18-12/h3-6H,7-8H2,1-2H3,(H,16,17). The number of hydrogen-bond acceptors (Lipinski definition) is 3. The Hall–Kier alpha value is -2.10. The molecule has 0 fully saturated rings. The Morgan fingerprint density at radius 2 is 2.00 bits per heavy atom. The quantitative estimate of drug-likeness (QED) is 0.899.